The lowest BCUT2D eigenvalue weighted by Gasteiger charge is -2.41. The summed E-state index contributed by atoms with van der Waals surface area (Å²) in [4.78, 5) is 0. The number of hydrazine groups is 1. The van der Waals surface area contributed by atoms with Crippen molar-refractivity contribution >= 4 is 0 Å². The van der Waals surface area contributed by atoms with E-state index in [1.54, 1.807) is 0 Å². The predicted octanol–water partition coefficient (Wildman–Crippen LogP) is 0.654. The zero-order valence-electron chi connectivity index (χ0n) is 7.39. The highest BCUT2D eigenvalue weighted by Gasteiger charge is 2.41. The molecule has 0 aliphatic carbocycles. The Morgan fingerprint density at radius 1 is 1.36 bits per heavy atom. The molecule has 1 aliphatic rings. The molecule has 3 N–H and O–H groups in total. The van der Waals surface area contributed by atoms with Crippen molar-refractivity contribution in [3.05, 3.63) is 35.4 Å². The molecule has 0 bridgehead atoms. The molecular formula is C9H10F2N2O. The van der Waals surface area contributed by atoms with Gasteiger partial charge < -0.3 is 4.74 Å². The molecule has 76 valence electrons. The lowest BCUT2D eigenvalue weighted by Crippen LogP contribution is -2.60. The van der Waals surface area contributed by atoms with Gasteiger partial charge in [0.1, 0.15) is 17.2 Å². The lowest BCUT2D eigenvalue weighted by atomic mass is 9.88. The molecule has 0 radical (unpaired) electrons. The van der Waals surface area contributed by atoms with Gasteiger partial charge in [-0.15, -0.1) is 0 Å². The van der Waals surface area contributed by atoms with E-state index in [-0.39, 0.29) is 0 Å². The zero-order chi connectivity index (χ0) is 10.2. The van der Waals surface area contributed by atoms with Crippen LogP contribution in [0.4, 0.5) is 8.78 Å². The third-order valence-corrected chi connectivity index (χ3v) is 2.42. The fraction of sp³-hybridized carbons (Fsp3) is 0.333. The average Bonchev–Trinajstić information content (AvgIpc) is 2.07. The highest BCUT2D eigenvalue weighted by Crippen LogP contribution is 2.30. The molecule has 1 heterocycles. The minimum atomic E-state index is -0.697. The first-order valence-corrected chi connectivity index (χ1v) is 4.19. The molecule has 1 saturated heterocycles. The minimum Gasteiger partial charge on any atom is -0.377 e. The van der Waals surface area contributed by atoms with Crippen molar-refractivity contribution < 1.29 is 13.5 Å². The number of halogens is 2. The lowest BCUT2D eigenvalue weighted by molar-refractivity contribution is -0.0803. The van der Waals surface area contributed by atoms with Crippen LogP contribution < -0.4 is 11.3 Å². The highest BCUT2D eigenvalue weighted by molar-refractivity contribution is 5.28. The van der Waals surface area contributed by atoms with Gasteiger partial charge in [0.2, 0.25) is 0 Å². The fourth-order valence-electron chi connectivity index (χ4n) is 1.50. The van der Waals surface area contributed by atoms with Crippen LogP contribution in [0.3, 0.4) is 0 Å². The van der Waals surface area contributed by atoms with Gasteiger partial charge in [0, 0.05) is 11.6 Å². The summed E-state index contributed by atoms with van der Waals surface area (Å²) >= 11 is 0. The van der Waals surface area contributed by atoms with Gasteiger partial charge in [-0.05, 0) is 6.07 Å². The number of benzene rings is 1. The maximum atomic E-state index is 13.4. The molecule has 5 heteroatoms. The van der Waals surface area contributed by atoms with Gasteiger partial charge in [0.15, 0.2) is 0 Å². The quantitative estimate of drug-likeness (QED) is 0.544. The van der Waals surface area contributed by atoms with Gasteiger partial charge in [-0.1, -0.05) is 6.07 Å². The second-order valence-electron chi connectivity index (χ2n) is 3.34. The number of nitrogens with two attached hydrogens (primary N) is 1. The van der Waals surface area contributed by atoms with Crippen LogP contribution in [-0.4, -0.2) is 13.2 Å². The van der Waals surface area contributed by atoms with E-state index in [4.69, 9.17) is 10.6 Å². The van der Waals surface area contributed by atoms with E-state index in [2.05, 4.69) is 5.43 Å². The number of hydrogen-bond donors (Lipinski definition) is 2. The summed E-state index contributed by atoms with van der Waals surface area (Å²) in [6, 6.07) is 3.43. The van der Waals surface area contributed by atoms with E-state index < -0.39 is 17.2 Å². The van der Waals surface area contributed by atoms with E-state index in [1.807, 2.05) is 0 Å². The normalized spacial score (nSPS) is 19.1. The highest BCUT2D eigenvalue weighted by atomic mass is 19.1. The van der Waals surface area contributed by atoms with Crippen LogP contribution >= 0.6 is 0 Å². The van der Waals surface area contributed by atoms with Crippen LogP contribution in [0.25, 0.3) is 0 Å². The maximum absolute atomic E-state index is 13.4. The standard InChI is InChI=1S/C9H10F2N2O/c10-6-1-2-7(8(11)3-6)9(13-12)4-14-5-9/h1-3,13H,4-5,12H2. The summed E-state index contributed by atoms with van der Waals surface area (Å²) < 4.78 is 31.0. The monoisotopic (exact) mass is 200 g/mol. The van der Waals surface area contributed by atoms with Crippen LogP contribution in [0, 0.1) is 11.6 Å². The molecule has 1 fully saturated rings. The molecule has 0 amide bonds. The maximum Gasteiger partial charge on any atom is 0.131 e. The molecule has 0 atom stereocenters. The molecule has 1 aliphatic heterocycles. The Balaban J connectivity index is 2.40. The Morgan fingerprint density at radius 2 is 2.07 bits per heavy atom. The van der Waals surface area contributed by atoms with Crippen molar-refractivity contribution in [3.63, 3.8) is 0 Å². The summed E-state index contributed by atoms with van der Waals surface area (Å²) in [6.07, 6.45) is 0. The molecule has 14 heavy (non-hydrogen) atoms. The van der Waals surface area contributed by atoms with Crippen LogP contribution in [0.2, 0.25) is 0 Å². The van der Waals surface area contributed by atoms with Crippen molar-refractivity contribution in [2.75, 3.05) is 13.2 Å². The van der Waals surface area contributed by atoms with Crippen LogP contribution in [-0.2, 0) is 10.3 Å². The summed E-state index contributed by atoms with van der Waals surface area (Å²) in [5, 5.41) is 0. The SMILES string of the molecule is NNC1(c2ccc(F)cc2F)COC1. The van der Waals surface area contributed by atoms with Crippen LogP contribution in [0.15, 0.2) is 18.2 Å². The smallest absolute Gasteiger partial charge is 0.131 e. The van der Waals surface area contributed by atoms with Crippen molar-refractivity contribution in [2.24, 2.45) is 5.84 Å². The second kappa shape index (κ2) is 3.27. The second-order valence-corrected chi connectivity index (χ2v) is 3.34. The summed E-state index contributed by atoms with van der Waals surface area (Å²) in [6.45, 7) is 0.595. The van der Waals surface area contributed by atoms with Gasteiger partial charge in [0.05, 0.1) is 13.2 Å². The Kier molecular flexibility index (Phi) is 2.22. The van der Waals surface area contributed by atoms with Crippen molar-refractivity contribution in [3.8, 4) is 0 Å². The first-order chi connectivity index (χ1) is 6.68. The van der Waals surface area contributed by atoms with Gasteiger partial charge in [-0.25, -0.2) is 14.2 Å². The van der Waals surface area contributed by atoms with Gasteiger partial charge in [-0.3, -0.25) is 5.84 Å². The molecule has 0 aromatic heterocycles. The molecule has 1 aromatic rings. The molecule has 3 nitrogen and oxygen atoms in total. The van der Waals surface area contributed by atoms with E-state index in [1.165, 1.54) is 12.1 Å². The summed E-state index contributed by atoms with van der Waals surface area (Å²) in [7, 11) is 0. The molecule has 2 rings (SSSR count). The molecular weight excluding hydrogens is 190 g/mol. The molecule has 0 unspecified atom stereocenters. The van der Waals surface area contributed by atoms with Gasteiger partial charge in [-0.2, -0.15) is 0 Å². The number of rotatable bonds is 2. The third-order valence-electron chi connectivity index (χ3n) is 2.42. The Labute approximate surface area is 79.8 Å². The number of nitrogens with one attached hydrogen (secondary N) is 1. The van der Waals surface area contributed by atoms with Gasteiger partial charge >= 0.3 is 0 Å². The predicted molar refractivity (Wildman–Crippen MR) is 46.2 cm³/mol. The van der Waals surface area contributed by atoms with E-state index >= 15 is 0 Å². The number of hydrogen-bond acceptors (Lipinski definition) is 3. The van der Waals surface area contributed by atoms with E-state index in [9.17, 15) is 8.78 Å². The Hall–Kier alpha value is -1.04. The average molecular weight is 200 g/mol. The zero-order valence-corrected chi connectivity index (χ0v) is 7.39. The first-order valence-electron chi connectivity index (χ1n) is 4.19. The van der Waals surface area contributed by atoms with Gasteiger partial charge in [0.25, 0.3) is 0 Å². The topological polar surface area (TPSA) is 47.3 Å². The molecule has 0 spiro atoms. The molecule has 0 saturated carbocycles. The van der Waals surface area contributed by atoms with Crippen molar-refractivity contribution in [1.29, 1.82) is 0 Å². The third kappa shape index (κ3) is 1.30. The van der Waals surface area contributed by atoms with Crippen LogP contribution in [0.1, 0.15) is 5.56 Å². The fourth-order valence-corrected chi connectivity index (χ4v) is 1.50. The largest absolute Gasteiger partial charge is 0.377 e. The van der Waals surface area contributed by atoms with Crippen LogP contribution in [0.5, 0.6) is 0 Å². The number of ether oxygens (including phenoxy) is 1. The first kappa shape index (κ1) is 9.51. The van der Waals surface area contributed by atoms with Crippen molar-refractivity contribution in [1.82, 2.24) is 5.43 Å². The van der Waals surface area contributed by atoms with Crippen molar-refractivity contribution in [2.45, 2.75) is 5.54 Å². The Morgan fingerprint density at radius 3 is 2.50 bits per heavy atom. The molecule has 1 aromatic carbocycles. The Bertz CT molecular complexity index is 347. The minimum absolute atomic E-state index is 0.298. The van der Waals surface area contributed by atoms with E-state index in [0.717, 1.165) is 6.07 Å². The summed E-state index contributed by atoms with van der Waals surface area (Å²) in [5.41, 5.74) is 2.15. The van der Waals surface area contributed by atoms with E-state index in [0.29, 0.717) is 18.8 Å². The summed E-state index contributed by atoms with van der Waals surface area (Å²) in [5.74, 6) is 4.11.